The van der Waals surface area contributed by atoms with Crippen LogP contribution >= 0.6 is 12.4 Å². The second-order valence-corrected chi connectivity index (χ2v) is 4.67. The number of hydrogen-bond acceptors (Lipinski definition) is 3. The number of rotatable bonds is 7. The molecule has 0 aliphatic carbocycles. The van der Waals surface area contributed by atoms with E-state index in [-0.39, 0.29) is 36.7 Å². The number of halogens is 1. The van der Waals surface area contributed by atoms with Crippen LogP contribution in [0.25, 0.3) is 0 Å². The number of amides is 2. The summed E-state index contributed by atoms with van der Waals surface area (Å²) in [5, 5.41) is 0. The summed E-state index contributed by atoms with van der Waals surface area (Å²) in [4.78, 5) is 27.0. The molecule has 6 heteroatoms. The molecule has 5 nitrogen and oxygen atoms in total. The molecule has 0 heterocycles. The van der Waals surface area contributed by atoms with E-state index >= 15 is 0 Å². The molecule has 0 aliphatic heterocycles. The summed E-state index contributed by atoms with van der Waals surface area (Å²) in [5.74, 6) is -0.0689. The van der Waals surface area contributed by atoms with E-state index < -0.39 is 6.04 Å². The minimum atomic E-state index is -0.524. The highest BCUT2D eigenvalue weighted by Crippen LogP contribution is 2.07. The van der Waals surface area contributed by atoms with Crippen LogP contribution in [0.1, 0.15) is 34.1 Å². The maximum absolute atomic E-state index is 12.0. The lowest BCUT2D eigenvalue weighted by Gasteiger charge is -2.26. The topological polar surface area (TPSA) is 66.6 Å². The summed E-state index contributed by atoms with van der Waals surface area (Å²) in [6, 6.07) is -0.524. The Labute approximate surface area is 122 Å². The van der Waals surface area contributed by atoms with Gasteiger partial charge in [-0.05, 0) is 19.8 Å². The molecule has 2 unspecified atom stereocenters. The van der Waals surface area contributed by atoms with Gasteiger partial charge in [0.1, 0.15) is 0 Å². The summed E-state index contributed by atoms with van der Waals surface area (Å²) >= 11 is 0. The van der Waals surface area contributed by atoms with Gasteiger partial charge in [0, 0.05) is 20.1 Å². The Morgan fingerprint density at radius 3 is 2.00 bits per heavy atom. The van der Waals surface area contributed by atoms with Crippen LogP contribution in [0.4, 0.5) is 0 Å². The molecule has 0 rings (SSSR count). The van der Waals surface area contributed by atoms with E-state index in [1.807, 2.05) is 27.7 Å². The fraction of sp³-hybridized carbons (Fsp3) is 0.846. The van der Waals surface area contributed by atoms with Crippen LogP contribution in [0, 0.1) is 5.92 Å². The van der Waals surface area contributed by atoms with Crippen LogP contribution in [-0.4, -0.2) is 54.3 Å². The summed E-state index contributed by atoms with van der Waals surface area (Å²) in [7, 11) is 1.63. The molecule has 0 aromatic rings. The molecule has 0 aromatic heterocycles. The standard InChI is InChI=1S/C13H27N3O2.ClH/c1-6-10(4)12(14)13(18)15(5)9-11(17)16(7-2)8-3;/h10,12H,6-9,14H2,1-5H3;1H. The lowest BCUT2D eigenvalue weighted by molar-refractivity contribution is -0.140. The number of carbonyl (C=O) groups excluding carboxylic acids is 2. The first-order valence-electron chi connectivity index (χ1n) is 6.67. The number of nitrogens with two attached hydrogens (primary N) is 1. The molecular formula is C13H28ClN3O2. The molecule has 2 atom stereocenters. The number of nitrogens with zero attached hydrogens (tertiary/aromatic N) is 2. The second-order valence-electron chi connectivity index (χ2n) is 4.67. The second kappa shape index (κ2) is 10.0. The Balaban J connectivity index is 0. The Morgan fingerprint density at radius 1 is 1.16 bits per heavy atom. The molecule has 0 saturated heterocycles. The lowest BCUT2D eigenvalue weighted by Crippen LogP contribution is -2.49. The molecule has 0 radical (unpaired) electrons. The summed E-state index contributed by atoms with van der Waals surface area (Å²) in [6.07, 6.45) is 0.852. The molecule has 0 spiro atoms. The third-order valence-corrected chi connectivity index (χ3v) is 3.41. The van der Waals surface area contributed by atoms with Crippen molar-refractivity contribution in [1.29, 1.82) is 0 Å². The zero-order chi connectivity index (χ0) is 14.3. The van der Waals surface area contributed by atoms with E-state index in [4.69, 9.17) is 5.73 Å². The van der Waals surface area contributed by atoms with Crippen LogP contribution in [0.15, 0.2) is 0 Å². The van der Waals surface area contributed by atoms with Gasteiger partial charge >= 0.3 is 0 Å². The van der Waals surface area contributed by atoms with Gasteiger partial charge in [0.2, 0.25) is 11.8 Å². The van der Waals surface area contributed by atoms with E-state index in [0.717, 1.165) is 6.42 Å². The highest BCUT2D eigenvalue weighted by Gasteiger charge is 2.24. The average molecular weight is 294 g/mol. The fourth-order valence-corrected chi connectivity index (χ4v) is 1.71. The van der Waals surface area contributed by atoms with E-state index in [2.05, 4.69) is 0 Å². The van der Waals surface area contributed by atoms with Crippen LogP contribution < -0.4 is 5.73 Å². The van der Waals surface area contributed by atoms with E-state index in [1.165, 1.54) is 4.90 Å². The first kappa shape index (κ1) is 20.5. The van der Waals surface area contributed by atoms with Crippen molar-refractivity contribution < 1.29 is 9.59 Å². The molecule has 0 fully saturated rings. The molecule has 2 amide bonds. The molecule has 114 valence electrons. The van der Waals surface area contributed by atoms with Gasteiger partial charge in [-0.3, -0.25) is 9.59 Å². The number of carbonyl (C=O) groups is 2. The van der Waals surface area contributed by atoms with Gasteiger partial charge in [-0.1, -0.05) is 20.3 Å². The third kappa shape index (κ3) is 6.25. The third-order valence-electron chi connectivity index (χ3n) is 3.41. The molecule has 0 aliphatic rings. The van der Waals surface area contributed by atoms with Gasteiger partial charge in [-0.15, -0.1) is 12.4 Å². The van der Waals surface area contributed by atoms with Crippen LogP contribution in [0.2, 0.25) is 0 Å². The van der Waals surface area contributed by atoms with Crippen molar-refractivity contribution in [2.75, 3.05) is 26.7 Å². The minimum absolute atomic E-state index is 0. The Kier molecular flexibility index (Phi) is 10.8. The molecule has 0 saturated carbocycles. The zero-order valence-electron chi connectivity index (χ0n) is 12.7. The van der Waals surface area contributed by atoms with Crippen molar-refractivity contribution in [3.63, 3.8) is 0 Å². The van der Waals surface area contributed by atoms with E-state index in [1.54, 1.807) is 11.9 Å². The first-order valence-corrected chi connectivity index (χ1v) is 6.67. The minimum Gasteiger partial charge on any atom is -0.342 e. The number of likely N-dealkylation sites (N-methyl/N-ethyl adjacent to an activating group) is 2. The molecule has 0 aromatic carbocycles. The predicted molar refractivity (Wildman–Crippen MR) is 80.2 cm³/mol. The highest BCUT2D eigenvalue weighted by atomic mass is 35.5. The predicted octanol–water partition coefficient (Wildman–Crippen LogP) is 1.11. The molecule has 19 heavy (non-hydrogen) atoms. The lowest BCUT2D eigenvalue weighted by atomic mass is 9.99. The van der Waals surface area contributed by atoms with Crippen LogP contribution in [-0.2, 0) is 9.59 Å². The Morgan fingerprint density at radius 2 is 1.63 bits per heavy atom. The van der Waals surface area contributed by atoms with Crippen molar-refractivity contribution in [1.82, 2.24) is 9.80 Å². The van der Waals surface area contributed by atoms with E-state index in [0.29, 0.717) is 13.1 Å². The largest absolute Gasteiger partial charge is 0.342 e. The maximum Gasteiger partial charge on any atom is 0.242 e. The van der Waals surface area contributed by atoms with Gasteiger partial charge < -0.3 is 15.5 Å². The monoisotopic (exact) mass is 293 g/mol. The molecule has 2 N–H and O–H groups in total. The van der Waals surface area contributed by atoms with Crippen molar-refractivity contribution in [2.24, 2.45) is 11.7 Å². The first-order chi connectivity index (χ1) is 8.38. The maximum atomic E-state index is 12.0. The quantitative estimate of drug-likeness (QED) is 0.764. The normalized spacial score (nSPS) is 13.2. The molecule has 0 bridgehead atoms. The van der Waals surface area contributed by atoms with Gasteiger partial charge in [0.15, 0.2) is 0 Å². The Bertz CT molecular complexity index is 283. The smallest absolute Gasteiger partial charge is 0.242 e. The van der Waals surface area contributed by atoms with Gasteiger partial charge in [-0.25, -0.2) is 0 Å². The van der Waals surface area contributed by atoms with Crippen molar-refractivity contribution in [2.45, 2.75) is 40.2 Å². The number of hydrogen-bond donors (Lipinski definition) is 1. The summed E-state index contributed by atoms with van der Waals surface area (Å²) in [6.45, 7) is 9.22. The van der Waals surface area contributed by atoms with Gasteiger partial charge in [0.05, 0.1) is 12.6 Å². The average Bonchev–Trinajstić information content (AvgIpc) is 2.37. The van der Waals surface area contributed by atoms with Crippen molar-refractivity contribution >= 4 is 24.2 Å². The zero-order valence-corrected chi connectivity index (χ0v) is 13.5. The van der Waals surface area contributed by atoms with E-state index in [9.17, 15) is 9.59 Å². The highest BCUT2D eigenvalue weighted by molar-refractivity contribution is 5.87. The van der Waals surface area contributed by atoms with Crippen molar-refractivity contribution in [3.8, 4) is 0 Å². The van der Waals surface area contributed by atoms with Gasteiger partial charge in [0.25, 0.3) is 0 Å². The van der Waals surface area contributed by atoms with Crippen LogP contribution in [0.5, 0.6) is 0 Å². The van der Waals surface area contributed by atoms with Gasteiger partial charge in [-0.2, -0.15) is 0 Å². The molecular weight excluding hydrogens is 266 g/mol. The van der Waals surface area contributed by atoms with Crippen molar-refractivity contribution in [3.05, 3.63) is 0 Å². The Hall–Kier alpha value is -0.810. The summed E-state index contributed by atoms with van der Waals surface area (Å²) in [5.41, 5.74) is 5.87. The SMILES string of the molecule is CCC(C)C(N)C(=O)N(C)CC(=O)N(CC)CC.Cl. The summed E-state index contributed by atoms with van der Waals surface area (Å²) < 4.78 is 0. The van der Waals surface area contributed by atoms with Crippen LogP contribution in [0.3, 0.4) is 0 Å². The fourth-order valence-electron chi connectivity index (χ4n) is 1.71.